The number of hydrogen-bond donors (Lipinski definition) is 0. The molecule has 4 rings (SSSR count). The molecule has 0 heterocycles. The topological polar surface area (TPSA) is 0 Å². The highest BCUT2D eigenvalue weighted by Gasteiger charge is 2.26. The third kappa shape index (κ3) is 2.63. The zero-order valence-electron chi connectivity index (χ0n) is 12.3. The van der Waals surface area contributed by atoms with Crippen LogP contribution < -0.4 is 0 Å². The van der Waals surface area contributed by atoms with Gasteiger partial charge in [-0.3, -0.25) is 0 Å². The van der Waals surface area contributed by atoms with E-state index in [-0.39, 0.29) is 5.82 Å². The van der Waals surface area contributed by atoms with Crippen molar-refractivity contribution in [2.75, 3.05) is 0 Å². The molecule has 118 valence electrons. The van der Waals surface area contributed by atoms with Crippen molar-refractivity contribution in [2.45, 2.75) is 0 Å². The summed E-state index contributed by atoms with van der Waals surface area (Å²) in [6, 6.07) is 15.7. The van der Waals surface area contributed by atoms with E-state index >= 15 is 0 Å². The number of hydrogen-bond acceptors (Lipinski definition) is 0. The SMILES string of the molecule is Fc1cccc(/C=C2\c3cc(Cl)ccc3-c3c(Cl)cc(Cl)cc32)c1. The average Bonchev–Trinajstić information content (AvgIpc) is 2.81. The van der Waals surface area contributed by atoms with Crippen LogP contribution in [0.4, 0.5) is 4.39 Å². The Morgan fingerprint density at radius 2 is 1.54 bits per heavy atom. The molecule has 1 aliphatic carbocycles. The maximum absolute atomic E-state index is 13.5. The molecule has 1 aliphatic rings. The summed E-state index contributed by atoms with van der Waals surface area (Å²) < 4.78 is 13.5. The van der Waals surface area contributed by atoms with Crippen molar-refractivity contribution >= 4 is 46.5 Å². The molecule has 0 atom stereocenters. The van der Waals surface area contributed by atoms with Gasteiger partial charge in [0.25, 0.3) is 0 Å². The number of rotatable bonds is 1. The average molecular weight is 376 g/mol. The normalized spacial score (nSPS) is 13.9. The van der Waals surface area contributed by atoms with Crippen LogP contribution >= 0.6 is 34.8 Å². The first kappa shape index (κ1) is 15.7. The van der Waals surface area contributed by atoms with E-state index in [0.717, 1.165) is 33.4 Å². The molecule has 0 unspecified atom stereocenters. The maximum atomic E-state index is 13.5. The monoisotopic (exact) mass is 374 g/mol. The third-order valence-corrected chi connectivity index (χ3v) is 4.80. The van der Waals surface area contributed by atoms with Crippen molar-refractivity contribution in [3.63, 3.8) is 0 Å². The van der Waals surface area contributed by atoms with Gasteiger partial charge in [-0.2, -0.15) is 0 Å². The Morgan fingerprint density at radius 3 is 2.33 bits per heavy atom. The molecule has 0 nitrogen and oxygen atoms in total. The smallest absolute Gasteiger partial charge is 0.123 e. The summed E-state index contributed by atoms with van der Waals surface area (Å²) in [6.45, 7) is 0. The highest BCUT2D eigenvalue weighted by Crippen LogP contribution is 2.49. The lowest BCUT2D eigenvalue weighted by Gasteiger charge is -2.05. The van der Waals surface area contributed by atoms with E-state index in [4.69, 9.17) is 34.8 Å². The van der Waals surface area contributed by atoms with Crippen molar-refractivity contribution < 1.29 is 4.39 Å². The van der Waals surface area contributed by atoms with Crippen LogP contribution in [0.5, 0.6) is 0 Å². The van der Waals surface area contributed by atoms with Crippen LogP contribution in [0.3, 0.4) is 0 Å². The highest BCUT2D eigenvalue weighted by molar-refractivity contribution is 6.38. The first-order valence-corrected chi connectivity index (χ1v) is 8.43. The van der Waals surface area contributed by atoms with Gasteiger partial charge >= 0.3 is 0 Å². The van der Waals surface area contributed by atoms with Gasteiger partial charge in [-0.05, 0) is 70.3 Å². The van der Waals surface area contributed by atoms with Crippen molar-refractivity contribution in [1.82, 2.24) is 0 Å². The van der Waals surface area contributed by atoms with Gasteiger partial charge in [-0.1, -0.05) is 53.0 Å². The molecule has 0 radical (unpaired) electrons. The molecule has 0 aliphatic heterocycles. The predicted octanol–water partition coefficient (Wildman–Crippen LogP) is 7.36. The van der Waals surface area contributed by atoms with Gasteiger partial charge in [-0.15, -0.1) is 0 Å². The molecule has 0 fully saturated rings. The highest BCUT2D eigenvalue weighted by atomic mass is 35.5. The standard InChI is InChI=1S/C20H10Cl3F/c21-12-4-5-15-17(8-12)16(7-11-2-1-3-14(24)6-11)18-9-13(22)10-19(23)20(15)18/h1-10H/b16-7+. The second-order valence-corrected chi connectivity index (χ2v) is 6.89. The fourth-order valence-corrected chi connectivity index (χ4v) is 3.85. The van der Waals surface area contributed by atoms with E-state index in [0.29, 0.717) is 15.1 Å². The molecular formula is C20H10Cl3F. The van der Waals surface area contributed by atoms with Gasteiger partial charge in [0.2, 0.25) is 0 Å². The van der Waals surface area contributed by atoms with E-state index < -0.39 is 0 Å². The molecular weight excluding hydrogens is 366 g/mol. The van der Waals surface area contributed by atoms with Crippen LogP contribution in [0.1, 0.15) is 16.7 Å². The lowest BCUT2D eigenvalue weighted by atomic mass is 10.0. The molecule has 0 saturated carbocycles. The predicted molar refractivity (Wildman–Crippen MR) is 100 cm³/mol. The molecule has 4 heteroatoms. The molecule has 24 heavy (non-hydrogen) atoms. The number of fused-ring (bicyclic) bond motifs is 3. The van der Waals surface area contributed by atoms with Crippen LogP contribution in [0.25, 0.3) is 22.8 Å². The number of halogens is 4. The molecule has 3 aromatic rings. The van der Waals surface area contributed by atoms with Crippen LogP contribution in [-0.4, -0.2) is 0 Å². The van der Waals surface area contributed by atoms with E-state index in [1.54, 1.807) is 12.1 Å². The fourth-order valence-electron chi connectivity index (χ4n) is 3.08. The maximum Gasteiger partial charge on any atom is 0.123 e. The zero-order chi connectivity index (χ0) is 16.8. The van der Waals surface area contributed by atoms with Crippen molar-refractivity contribution in [3.8, 4) is 11.1 Å². The second-order valence-electron chi connectivity index (χ2n) is 5.61. The van der Waals surface area contributed by atoms with Crippen LogP contribution in [0, 0.1) is 5.82 Å². The zero-order valence-corrected chi connectivity index (χ0v) is 14.6. The van der Waals surface area contributed by atoms with Gasteiger partial charge in [0.15, 0.2) is 0 Å². The first-order chi connectivity index (χ1) is 11.5. The van der Waals surface area contributed by atoms with E-state index in [9.17, 15) is 4.39 Å². The number of benzene rings is 3. The largest absolute Gasteiger partial charge is 0.207 e. The minimum Gasteiger partial charge on any atom is -0.207 e. The van der Waals surface area contributed by atoms with Crippen LogP contribution in [0.2, 0.25) is 15.1 Å². The van der Waals surface area contributed by atoms with E-state index in [2.05, 4.69) is 0 Å². The van der Waals surface area contributed by atoms with Gasteiger partial charge in [-0.25, -0.2) is 4.39 Å². The Balaban J connectivity index is 2.03. The van der Waals surface area contributed by atoms with Crippen LogP contribution in [-0.2, 0) is 0 Å². The van der Waals surface area contributed by atoms with Crippen molar-refractivity contribution in [3.05, 3.63) is 92.2 Å². The van der Waals surface area contributed by atoms with E-state index in [1.807, 2.05) is 36.4 Å². The summed E-state index contributed by atoms with van der Waals surface area (Å²) in [7, 11) is 0. The third-order valence-electron chi connectivity index (χ3n) is 4.05. The lowest BCUT2D eigenvalue weighted by molar-refractivity contribution is 0.627. The molecule has 0 bridgehead atoms. The first-order valence-electron chi connectivity index (χ1n) is 7.30. The quantitative estimate of drug-likeness (QED) is 0.326. The minimum atomic E-state index is -0.280. The Hall–Kier alpha value is -1.80. The summed E-state index contributed by atoms with van der Waals surface area (Å²) in [5.74, 6) is -0.280. The molecule has 0 aromatic heterocycles. The fraction of sp³-hybridized carbons (Fsp3) is 0. The Kier molecular flexibility index (Phi) is 3.88. The Morgan fingerprint density at radius 1 is 0.750 bits per heavy atom. The molecule has 3 aromatic carbocycles. The summed E-state index contributed by atoms with van der Waals surface area (Å²) in [5.41, 5.74) is 5.51. The Labute approximate surface area is 154 Å². The summed E-state index contributed by atoms with van der Waals surface area (Å²) >= 11 is 18.8. The van der Waals surface area contributed by atoms with Gasteiger partial charge < -0.3 is 0 Å². The van der Waals surface area contributed by atoms with Crippen molar-refractivity contribution in [1.29, 1.82) is 0 Å². The lowest BCUT2D eigenvalue weighted by Crippen LogP contribution is -1.84. The van der Waals surface area contributed by atoms with Gasteiger partial charge in [0.05, 0.1) is 5.02 Å². The van der Waals surface area contributed by atoms with E-state index in [1.165, 1.54) is 12.1 Å². The van der Waals surface area contributed by atoms with Gasteiger partial charge in [0.1, 0.15) is 5.82 Å². The minimum absolute atomic E-state index is 0.280. The second kappa shape index (κ2) is 5.93. The summed E-state index contributed by atoms with van der Waals surface area (Å²) in [5, 5.41) is 1.78. The molecule has 0 spiro atoms. The Bertz CT molecular complexity index is 1010. The molecule has 0 amide bonds. The summed E-state index contributed by atoms with van der Waals surface area (Å²) in [4.78, 5) is 0. The molecule has 0 N–H and O–H groups in total. The molecule has 0 saturated heterocycles. The summed E-state index contributed by atoms with van der Waals surface area (Å²) in [6.07, 6.45) is 1.93. The van der Waals surface area contributed by atoms with Crippen LogP contribution in [0.15, 0.2) is 54.6 Å². The van der Waals surface area contributed by atoms with Gasteiger partial charge in [0, 0.05) is 15.6 Å². The van der Waals surface area contributed by atoms with Crippen molar-refractivity contribution in [2.24, 2.45) is 0 Å².